The first-order chi connectivity index (χ1) is 14.8. The number of hydrogen-bond donors (Lipinski definition) is 2. The number of halogens is 3. The lowest BCUT2D eigenvalue weighted by atomic mass is 10.3. The topological polar surface area (TPSA) is 70.0 Å². The predicted molar refractivity (Wildman–Crippen MR) is 130 cm³/mol. The Morgan fingerprint density at radius 1 is 0.742 bits per heavy atom. The summed E-state index contributed by atoms with van der Waals surface area (Å²) in [5.74, 6) is 0.386. The predicted octanol–water partition coefficient (Wildman–Crippen LogP) is 4.13. The molecule has 0 radical (unpaired) electrons. The molecule has 0 aliphatic rings. The van der Waals surface area contributed by atoms with Crippen molar-refractivity contribution in [3.63, 3.8) is 0 Å². The lowest BCUT2D eigenvalue weighted by Gasteiger charge is -2.27. The fourth-order valence-corrected chi connectivity index (χ4v) is 7.51. The maximum absolute atomic E-state index is 13.3. The Morgan fingerprint density at radius 2 is 1.10 bits per heavy atom. The summed E-state index contributed by atoms with van der Waals surface area (Å²) in [6.45, 7) is 0. The third kappa shape index (κ3) is 4.75. The van der Waals surface area contributed by atoms with Crippen molar-refractivity contribution in [1.29, 1.82) is 5.41 Å². The van der Waals surface area contributed by atoms with E-state index in [1.807, 2.05) is 91.0 Å². The SMILES string of the molecule is N=C=C(C(=O)NC(=O)C(Cl)(Cl)Cl)[P+](c1ccccc1)(c1ccccc1)c1ccccc1. The molecule has 3 aromatic rings. The molecule has 0 heterocycles. The zero-order valence-electron chi connectivity index (χ0n) is 16.1. The molecule has 0 saturated heterocycles. The number of amides is 2. The molecule has 156 valence electrons. The van der Waals surface area contributed by atoms with Crippen LogP contribution in [0.4, 0.5) is 0 Å². The average Bonchev–Trinajstić information content (AvgIpc) is 2.78. The van der Waals surface area contributed by atoms with E-state index in [-0.39, 0.29) is 5.31 Å². The summed E-state index contributed by atoms with van der Waals surface area (Å²) >= 11 is 16.9. The quantitative estimate of drug-likeness (QED) is 0.244. The Balaban J connectivity index is 2.33. The molecule has 0 saturated carbocycles. The third-order valence-corrected chi connectivity index (χ3v) is 9.30. The molecule has 0 aromatic heterocycles. The second kappa shape index (κ2) is 9.78. The summed E-state index contributed by atoms with van der Waals surface area (Å²) in [5, 5.41) is 12.6. The summed E-state index contributed by atoms with van der Waals surface area (Å²) in [5.41, 5.74) is 0. The van der Waals surface area contributed by atoms with E-state index >= 15 is 0 Å². The van der Waals surface area contributed by atoms with E-state index in [1.54, 1.807) is 0 Å². The highest BCUT2D eigenvalue weighted by Gasteiger charge is 2.53. The van der Waals surface area contributed by atoms with E-state index < -0.39 is 22.9 Å². The maximum atomic E-state index is 13.3. The number of benzene rings is 3. The van der Waals surface area contributed by atoms with E-state index in [9.17, 15) is 9.59 Å². The minimum atomic E-state index is -2.90. The zero-order valence-corrected chi connectivity index (χ0v) is 19.2. The van der Waals surface area contributed by atoms with Crippen LogP contribution in [0.5, 0.6) is 0 Å². The van der Waals surface area contributed by atoms with Crippen molar-refractivity contribution in [2.24, 2.45) is 0 Å². The van der Waals surface area contributed by atoms with Crippen molar-refractivity contribution in [2.75, 3.05) is 0 Å². The highest BCUT2D eigenvalue weighted by Crippen LogP contribution is 2.61. The van der Waals surface area contributed by atoms with Gasteiger partial charge in [-0.25, -0.2) is 0 Å². The minimum Gasteiger partial charge on any atom is -0.285 e. The van der Waals surface area contributed by atoms with Crippen molar-refractivity contribution in [1.82, 2.24) is 5.32 Å². The first-order valence-electron chi connectivity index (χ1n) is 9.10. The summed E-state index contributed by atoms with van der Waals surface area (Å²) in [4.78, 5) is 25.5. The van der Waals surface area contributed by atoms with Gasteiger partial charge < -0.3 is 0 Å². The van der Waals surface area contributed by atoms with Crippen molar-refractivity contribution in [3.8, 4) is 0 Å². The van der Waals surface area contributed by atoms with Crippen LogP contribution in [-0.4, -0.2) is 21.5 Å². The van der Waals surface area contributed by atoms with Gasteiger partial charge in [0.15, 0.2) is 7.26 Å². The molecule has 4 nitrogen and oxygen atoms in total. The highest BCUT2D eigenvalue weighted by molar-refractivity contribution is 8.00. The molecule has 3 aromatic carbocycles. The van der Waals surface area contributed by atoms with Gasteiger partial charge in [-0.15, -0.1) is 0 Å². The van der Waals surface area contributed by atoms with E-state index in [0.717, 1.165) is 15.9 Å². The van der Waals surface area contributed by atoms with Gasteiger partial charge in [0.25, 0.3) is 9.70 Å². The molecule has 2 N–H and O–H groups in total. The van der Waals surface area contributed by atoms with Crippen LogP contribution in [0.2, 0.25) is 0 Å². The summed E-state index contributed by atoms with van der Waals surface area (Å²) in [6.07, 6.45) is 0. The van der Waals surface area contributed by atoms with Gasteiger partial charge in [-0.2, -0.15) is 0 Å². The Hall–Kier alpha value is -2.45. The number of rotatable bonds is 5. The average molecular weight is 491 g/mol. The smallest absolute Gasteiger partial charge is 0.285 e. The van der Waals surface area contributed by atoms with Crippen molar-refractivity contribution < 1.29 is 9.59 Å². The van der Waals surface area contributed by atoms with Crippen LogP contribution in [-0.2, 0) is 9.59 Å². The first-order valence-corrected chi connectivity index (χ1v) is 12.0. The van der Waals surface area contributed by atoms with Crippen LogP contribution in [0.1, 0.15) is 0 Å². The minimum absolute atomic E-state index is 0.0151. The number of nitrogens with one attached hydrogen (secondary N) is 2. The monoisotopic (exact) mass is 489 g/mol. The largest absolute Gasteiger partial charge is 0.304 e. The Morgan fingerprint density at radius 3 is 1.39 bits per heavy atom. The van der Waals surface area contributed by atoms with Gasteiger partial charge in [0, 0.05) is 5.87 Å². The summed E-state index contributed by atoms with van der Waals surface area (Å²) < 4.78 is -2.32. The fraction of sp³-hybridized carbons (Fsp3) is 0.0435. The van der Waals surface area contributed by atoms with Crippen LogP contribution in [0.3, 0.4) is 0 Å². The Labute approximate surface area is 195 Å². The normalized spacial score (nSPS) is 11.3. The molecule has 0 aliphatic carbocycles. The lowest BCUT2D eigenvalue weighted by molar-refractivity contribution is -0.127. The molecule has 0 bridgehead atoms. The highest BCUT2D eigenvalue weighted by atomic mass is 35.6. The second-order valence-corrected chi connectivity index (χ2v) is 12.1. The third-order valence-electron chi connectivity index (χ3n) is 4.58. The molecule has 0 spiro atoms. The van der Waals surface area contributed by atoms with Gasteiger partial charge in [-0.05, 0) is 36.4 Å². The van der Waals surface area contributed by atoms with Gasteiger partial charge in [-0.1, -0.05) is 89.4 Å². The molecular formula is C23H17Cl3N2O2P+. The maximum Gasteiger partial charge on any atom is 0.304 e. The van der Waals surface area contributed by atoms with Crippen LogP contribution in [0.15, 0.2) is 96.3 Å². The van der Waals surface area contributed by atoms with E-state index in [0.29, 0.717) is 0 Å². The van der Waals surface area contributed by atoms with Crippen molar-refractivity contribution in [3.05, 3.63) is 96.3 Å². The molecule has 0 fully saturated rings. The molecule has 0 atom stereocenters. The van der Waals surface area contributed by atoms with E-state index in [2.05, 4.69) is 11.2 Å². The molecule has 8 heteroatoms. The van der Waals surface area contributed by atoms with Crippen LogP contribution in [0.25, 0.3) is 0 Å². The number of hydrogen-bond acceptors (Lipinski definition) is 3. The number of imide groups is 1. The molecular weight excluding hydrogens is 474 g/mol. The van der Waals surface area contributed by atoms with Crippen molar-refractivity contribution in [2.45, 2.75) is 3.79 Å². The van der Waals surface area contributed by atoms with Gasteiger partial charge >= 0.3 is 5.91 Å². The number of alkyl halides is 3. The molecule has 0 aliphatic heterocycles. The van der Waals surface area contributed by atoms with Crippen LogP contribution in [0, 0.1) is 5.41 Å². The van der Waals surface area contributed by atoms with Gasteiger partial charge in [-0.3, -0.25) is 20.3 Å². The fourth-order valence-electron chi connectivity index (χ4n) is 3.32. The van der Waals surface area contributed by atoms with Crippen molar-refractivity contribution >= 4 is 75.7 Å². The van der Waals surface area contributed by atoms with E-state index in [1.165, 1.54) is 0 Å². The standard InChI is InChI=1S/C23H16Cl3N2O2P/c24-23(25,26)22(30)28-21(29)20(16-27)31(17-10-4-1-5-11-17,18-12-6-2-7-13-18)19-14-8-3-9-15-19/h1-15,27H/p+1. The first kappa shape index (κ1) is 23.2. The molecule has 0 unspecified atom stereocenters. The Bertz CT molecular complexity index is 1030. The lowest BCUT2D eigenvalue weighted by Crippen LogP contribution is -2.43. The van der Waals surface area contributed by atoms with Crippen LogP contribution >= 0.6 is 42.1 Å². The Kier molecular flexibility index (Phi) is 7.33. The summed E-state index contributed by atoms with van der Waals surface area (Å²) in [6, 6.07) is 28.2. The van der Waals surface area contributed by atoms with Gasteiger partial charge in [0.1, 0.15) is 15.9 Å². The van der Waals surface area contributed by atoms with E-state index in [4.69, 9.17) is 40.2 Å². The summed E-state index contributed by atoms with van der Waals surface area (Å²) in [7, 11) is -2.90. The molecule has 2 amide bonds. The molecule has 3 rings (SSSR count). The zero-order chi connectivity index (χ0) is 22.5. The number of carbonyl (C=O) groups is 2. The van der Waals surface area contributed by atoms with Crippen LogP contribution < -0.4 is 21.2 Å². The number of carbonyl (C=O) groups excluding carboxylic acids is 2. The van der Waals surface area contributed by atoms with Gasteiger partial charge in [0.05, 0.1) is 0 Å². The second-order valence-electron chi connectivity index (χ2n) is 6.43. The molecule has 31 heavy (non-hydrogen) atoms. The van der Waals surface area contributed by atoms with Gasteiger partial charge in [0.2, 0.25) is 5.31 Å².